The van der Waals surface area contributed by atoms with E-state index in [2.05, 4.69) is 46.1 Å². The molecule has 4 aliphatic rings. The zero-order valence-electron chi connectivity index (χ0n) is 11.9. The Morgan fingerprint density at radius 3 is 3.10 bits per heavy atom. The van der Waals surface area contributed by atoms with Crippen molar-refractivity contribution in [1.29, 1.82) is 0 Å². The first-order chi connectivity index (χ1) is 10.1. The third-order valence-corrected chi connectivity index (χ3v) is 6.90. The second-order valence-electron chi connectivity index (χ2n) is 6.88. The van der Waals surface area contributed by atoms with Gasteiger partial charge in [-0.3, -0.25) is 0 Å². The molecule has 2 heterocycles. The highest BCUT2D eigenvalue weighted by Crippen LogP contribution is 2.62. The van der Waals surface area contributed by atoms with Crippen LogP contribution in [0.5, 0.6) is 11.5 Å². The number of aromatic hydroxyl groups is 1. The molecule has 1 aromatic carbocycles. The molecule has 2 bridgehead atoms. The fraction of sp³-hybridized carbons (Fsp3) is 0.529. The van der Waals surface area contributed by atoms with E-state index in [9.17, 15) is 5.11 Å². The molecule has 1 fully saturated rings. The summed E-state index contributed by atoms with van der Waals surface area (Å²) in [6.45, 7) is 1.10. The molecule has 1 saturated heterocycles. The second kappa shape index (κ2) is 3.85. The summed E-state index contributed by atoms with van der Waals surface area (Å²) in [4.78, 5) is 2.72. The summed E-state index contributed by atoms with van der Waals surface area (Å²) < 4.78 is 6.29. The number of phenols is 1. The summed E-state index contributed by atoms with van der Waals surface area (Å²) in [6.07, 6.45) is 6.89. The lowest BCUT2D eigenvalue weighted by molar-refractivity contribution is 0.00479. The van der Waals surface area contributed by atoms with Gasteiger partial charge in [-0.25, -0.2) is 0 Å². The van der Waals surface area contributed by atoms with Crippen LogP contribution in [0.2, 0.25) is 0 Å². The molecule has 0 unspecified atom stereocenters. The van der Waals surface area contributed by atoms with Gasteiger partial charge < -0.3 is 14.7 Å². The van der Waals surface area contributed by atoms with Gasteiger partial charge in [-0.1, -0.05) is 34.1 Å². The van der Waals surface area contributed by atoms with Gasteiger partial charge in [-0.15, -0.1) is 0 Å². The van der Waals surface area contributed by atoms with Gasteiger partial charge in [0.15, 0.2) is 11.5 Å². The molecule has 3 nitrogen and oxygen atoms in total. The molecule has 5 rings (SSSR count). The van der Waals surface area contributed by atoms with Gasteiger partial charge in [-0.05, 0) is 38.1 Å². The Hall–Kier alpha value is -1.00. The monoisotopic (exact) mass is 347 g/mol. The van der Waals surface area contributed by atoms with Crippen LogP contribution in [0.3, 0.4) is 0 Å². The molecule has 21 heavy (non-hydrogen) atoms. The first kappa shape index (κ1) is 12.5. The topological polar surface area (TPSA) is 32.7 Å². The average molecular weight is 348 g/mol. The maximum absolute atomic E-state index is 10.3. The highest BCUT2D eigenvalue weighted by molar-refractivity contribution is 9.09. The summed E-state index contributed by atoms with van der Waals surface area (Å²) in [5.74, 6) is 1.54. The van der Waals surface area contributed by atoms with Crippen molar-refractivity contribution in [2.75, 3.05) is 13.6 Å². The van der Waals surface area contributed by atoms with E-state index >= 15 is 0 Å². The van der Waals surface area contributed by atoms with Crippen molar-refractivity contribution in [3.8, 4) is 11.5 Å². The number of halogens is 1. The lowest BCUT2D eigenvalue weighted by Crippen LogP contribution is -2.64. The van der Waals surface area contributed by atoms with Crippen molar-refractivity contribution in [2.24, 2.45) is 5.92 Å². The van der Waals surface area contributed by atoms with E-state index < -0.39 is 0 Å². The third kappa shape index (κ3) is 1.30. The van der Waals surface area contributed by atoms with Crippen LogP contribution in [-0.2, 0) is 11.8 Å². The van der Waals surface area contributed by atoms with Crippen LogP contribution < -0.4 is 4.74 Å². The van der Waals surface area contributed by atoms with Gasteiger partial charge in [-0.2, -0.15) is 0 Å². The number of alkyl halides is 1. The summed E-state index contributed by atoms with van der Waals surface area (Å²) in [6, 6.07) is 4.45. The largest absolute Gasteiger partial charge is 0.504 e. The number of hydrogen-bond acceptors (Lipinski definition) is 3. The fourth-order valence-electron chi connectivity index (χ4n) is 5.21. The van der Waals surface area contributed by atoms with Crippen LogP contribution in [-0.4, -0.2) is 40.6 Å². The summed E-state index contributed by atoms with van der Waals surface area (Å²) in [7, 11) is 2.24. The Morgan fingerprint density at radius 2 is 2.24 bits per heavy atom. The van der Waals surface area contributed by atoms with Gasteiger partial charge in [0.1, 0.15) is 6.10 Å². The molecule has 0 aromatic heterocycles. The standard InChI is InChI=1S/C17H18BrNO2/c1-19-7-6-17-10-3-4-11(18)16(17)21-15-13(20)5-2-9(14(15)17)8-12(10)19/h2-5,10-12,16,20H,6-8H2,1H3/t10-,11-,12+,16-,17-/m0/s1. The van der Waals surface area contributed by atoms with Crippen LogP contribution in [0.4, 0.5) is 0 Å². The molecule has 5 atom stereocenters. The number of nitrogens with zero attached hydrogens (tertiary/aromatic N) is 1. The number of ether oxygens (including phenoxy) is 1. The molecular weight excluding hydrogens is 330 g/mol. The fourth-order valence-corrected chi connectivity index (χ4v) is 5.96. The van der Waals surface area contributed by atoms with Gasteiger partial charge in [0.2, 0.25) is 0 Å². The Bertz CT molecular complexity index is 673. The Morgan fingerprint density at radius 1 is 1.38 bits per heavy atom. The first-order valence-electron chi connectivity index (χ1n) is 7.67. The predicted molar refractivity (Wildman–Crippen MR) is 84.3 cm³/mol. The minimum atomic E-state index is 0.0434. The Labute approximate surface area is 132 Å². The quantitative estimate of drug-likeness (QED) is 0.578. The highest BCUT2D eigenvalue weighted by atomic mass is 79.9. The number of phenolic OH excluding ortho intramolecular Hbond substituents is 1. The van der Waals surface area contributed by atoms with Crippen molar-refractivity contribution in [1.82, 2.24) is 4.90 Å². The first-order valence-corrected chi connectivity index (χ1v) is 8.59. The van der Waals surface area contributed by atoms with Crippen LogP contribution in [0.25, 0.3) is 0 Å². The molecule has 4 heteroatoms. The second-order valence-corrected chi connectivity index (χ2v) is 7.94. The molecule has 2 aliphatic carbocycles. The zero-order chi connectivity index (χ0) is 14.4. The van der Waals surface area contributed by atoms with Gasteiger partial charge in [0.05, 0.1) is 4.83 Å². The molecule has 1 spiro atoms. The summed E-state index contributed by atoms with van der Waals surface area (Å²) in [5, 5.41) is 10.3. The molecule has 110 valence electrons. The molecule has 2 aliphatic heterocycles. The number of likely N-dealkylation sites (N-methyl/N-ethyl adjacent to an activating group) is 1. The average Bonchev–Trinajstić information content (AvgIpc) is 2.83. The zero-order valence-corrected chi connectivity index (χ0v) is 13.5. The molecule has 1 aromatic rings. The minimum absolute atomic E-state index is 0.0434. The Kier molecular flexibility index (Phi) is 2.30. The van der Waals surface area contributed by atoms with Crippen LogP contribution in [0.1, 0.15) is 17.5 Å². The number of benzene rings is 1. The van der Waals surface area contributed by atoms with E-state index in [1.165, 1.54) is 11.1 Å². The smallest absolute Gasteiger partial charge is 0.165 e. The highest BCUT2D eigenvalue weighted by Gasteiger charge is 2.63. The number of likely N-dealkylation sites (tertiary alicyclic amines) is 1. The maximum Gasteiger partial charge on any atom is 0.165 e. The SMILES string of the molecule is CN1CC[C@]23c4c5ccc(O)c4O[C@H]2[C@@H](Br)C=C[C@H]3[C@H]1C5. The van der Waals surface area contributed by atoms with Crippen molar-refractivity contribution in [3.05, 3.63) is 35.4 Å². The van der Waals surface area contributed by atoms with E-state index in [0.29, 0.717) is 17.7 Å². The van der Waals surface area contributed by atoms with Crippen LogP contribution in [0, 0.1) is 5.92 Å². The van der Waals surface area contributed by atoms with Crippen molar-refractivity contribution in [2.45, 2.75) is 35.2 Å². The molecule has 0 amide bonds. The lowest BCUT2D eigenvalue weighted by atomic mass is 9.54. The lowest BCUT2D eigenvalue weighted by Gasteiger charge is -2.56. The van der Waals surface area contributed by atoms with Crippen LogP contribution >= 0.6 is 15.9 Å². The Balaban J connectivity index is 1.84. The maximum atomic E-state index is 10.3. The minimum Gasteiger partial charge on any atom is -0.504 e. The normalized spacial score (nSPS) is 42.6. The van der Waals surface area contributed by atoms with E-state index in [1.54, 1.807) is 6.07 Å². The van der Waals surface area contributed by atoms with E-state index in [1.807, 2.05) is 0 Å². The van der Waals surface area contributed by atoms with Gasteiger partial charge >= 0.3 is 0 Å². The number of rotatable bonds is 0. The molecule has 0 saturated carbocycles. The van der Waals surface area contributed by atoms with E-state index in [4.69, 9.17) is 4.74 Å². The molecule has 0 radical (unpaired) electrons. The predicted octanol–water partition coefficient (Wildman–Crippen LogP) is 2.60. The third-order valence-electron chi connectivity index (χ3n) is 6.12. The molecular formula is C17H18BrNO2. The van der Waals surface area contributed by atoms with Gasteiger partial charge in [0.25, 0.3) is 0 Å². The number of piperidine rings is 1. The van der Waals surface area contributed by atoms with E-state index in [0.717, 1.165) is 25.1 Å². The van der Waals surface area contributed by atoms with Crippen molar-refractivity contribution >= 4 is 15.9 Å². The van der Waals surface area contributed by atoms with Gasteiger partial charge in [0, 0.05) is 22.9 Å². The summed E-state index contributed by atoms with van der Waals surface area (Å²) in [5.41, 5.74) is 2.71. The molecule has 1 N–H and O–H groups in total. The van der Waals surface area contributed by atoms with Crippen molar-refractivity contribution in [3.63, 3.8) is 0 Å². The number of hydrogen-bond donors (Lipinski definition) is 1. The van der Waals surface area contributed by atoms with Crippen molar-refractivity contribution < 1.29 is 9.84 Å². The van der Waals surface area contributed by atoms with E-state index in [-0.39, 0.29) is 16.3 Å². The van der Waals surface area contributed by atoms with Crippen LogP contribution in [0.15, 0.2) is 24.3 Å². The summed E-state index contributed by atoms with van der Waals surface area (Å²) >= 11 is 3.78.